The number of aromatic nitrogens is 1. The Kier molecular flexibility index (Phi) is 2.93. The minimum Gasteiger partial charge on any atom is -0.356 e. The van der Waals surface area contributed by atoms with Crippen LogP contribution >= 0.6 is 23.1 Å². The van der Waals surface area contributed by atoms with Crippen LogP contribution in [0.3, 0.4) is 0 Å². The average molecular weight is 261 g/mol. The highest BCUT2D eigenvalue weighted by Gasteiger charge is 2.17. The van der Waals surface area contributed by atoms with E-state index in [1.807, 2.05) is 12.3 Å². The van der Waals surface area contributed by atoms with Gasteiger partial charge in [-0.05, 0) is 13.2 Å². The summed E-state index contributed by atoms with van der Waals surface area (Å²) in [5.41, 5.74) is 1.37. The monoisotopic (exact) mass is 261 g/mol. The zero-order valence-corrected chi connectivity index (χ0v) is 10.8. The Labute approximate surface area is 106 Å². The zero-order chi connectivity index (χ0) is 12.6. The fourth-order valence-electron chi connectivity index (χ4n) is 1.60. The first-order valence-electron chi connectivity index (χ1n) is 4.67. The van der Waals surface area contributed by atoms with Crippen molar-refractivity contribution in [2.75, 3.05) is 6.26 Å². The van der Waals surface area contributed by atoms with E-state index >= 15 is 0 Å². The van der Waals surface area contributed by atoms with Gasteiger partial charge in [-0.1, -0.05) is 0 Å². The van der Waals surface area contributed by atoms with Gasteiger partial charge in [0.25, 0.3) is 0 Å². The quantitative estimate of drug-likeness (QED) is 0.799. The molecule has 0 saturated carbocycles. The lowest BCUT2D eigenvalue weighted by Gasteiger charge is -1.97. The topological polar surface area (TPSA) is 80.4 Å². The molecule has 84 valence electrons. The van der Waals surface area contributed by atoms with E-state index in [-0.39, 0.29) is 11.0 Å². The molecule has 0 radical (unpaired) electrons. The Morgan fingerprint density at radius 3 is 2.47 bits per heavy atom. The first kappa shape index (κ1) is 11.7. The number of aromatic amines is 1. The fourth-order valence-corrected chi connectivity index (χ4v) is 3.42. The van der Waals surface area contributed by atoms with Crippen LogP contribution in [0.1, 0.15) is 16.8 Å². The molecule has 0 amide bonds. The van der Waals surface area contributed by atoms with E-state index in [1.54, 1.807) is 6.92 Å². The second kappa shape index (κ2) is 4.25. The van der Waals surface area contributed by atoms with Crippen molar-refractivity contribution in [1.29, 1.82) is 10.5 Å². The number of fused-ring (bicyclic) bond motifs is 1. The predicted molar refractivity (Wildman–Crippen MR) is 68.4 cm³/mol. The smallest absolute Gasteiger partial charge is 0.217 e. The van der Waals surface area contributed by atoms with Crippen molar-refractivity contribution in [1.82, 2.24) is 4.98 Å². The van der Waals surface area contributed by atoms with Gasteiger partial charge in [0.1, 0.15) is 28.0 Å². The first-order valence-corrected chi connectivity index (χ1v) is 6.71. The molecule has 2 aromatic heterocycles. The van der Waals surface area contributed by atoms with E-state index in [0.717, 1.165) is 4.21 Å². The molecular weight excluding hydrogens is 254 g/mol. The molecule has 0 bridgehead atoms. The number of hydrogen-bond donors (Lipinski definition) is 1. The highest BCUT2D eigenvalue weighted by atomic mass is 32.2. The highest BCUT2D eigenvalue weighted by Crippen LogP contribution is 2.34. The molecule has 4 nitrogen and oxygen atoms in total. The van der Waals surface area contributed by atoms with Gasteiger partial charge in [0.2, 0.25) is 5.43 Å². The van der Waals surface area contributed by atoms with Crippen molar-refractivity contribution in [2.45, 2.75) is 11.1 Å². The van der Waals surface area contributed by atoms with E-state index in [9.17, 15) is 4.79 Å². The Hall–Kier alpha value is -1.76. The zero-order valence-electron chi connectivity index (χ0n) is 9.12. The van der Waals surface area contributed by atoms with Crippen molar-refractivity contribution in [3.05, 3.63) is 27.0 Å². The van der Waals surface area contributed by atoms with Crippen molar-refractivity contribution < 1.29 is 0 Å². The van der Waals surface area contributed by atoms with Gasteiger partial charge < -0.3 is 4.98 Å². The molecule has 0 aliphatic heterocycles. The number of thiophene rings is 1. The summed E-state index contributed by atoms with van der Waals surface area (Å²) in [4.78, 5) is 15.0. The van der Waals surface area contributed by atoms with Crippen molar-refractivity contribution >= 4 is 33.3 Å². The Morgan fingerprint density at radius 2 is 1.94 bits per heavy atom. The number of aryl methyl sites for hydroxylation is 1. The Morgan fingerprint density at radius 1 is 1.29 bits per heavy atom. The summed E-state index contributed by atoms with van der Waals surface area (Å²) in [5.74, 6) is 0. The molecule has 0 saturated heterocycles. The summed E-state index contributed by atoms with van der Waals surface area (Å²) in [6.45, 7) is 1.66. The minimum atomic E-state index is -0.291. The summed E-state index contributed by atoms with van der Waals surface area (Å²) in [7, 11) is 0. The van der Waals surface area contributed by atoms with Crippen LogP contribution < -0.4 is 5.43 Å². The number of rotatable bonds is 1. The van der Waals surface area contributed by atoms with Crippen LogP contribution in [0.5, 0.6) is 0 Å². The predicted octanol–water partition coefficient (Wildman–Crippen LogP) is 2.36. The summed E-state index contributed by atoms with van der Waals surface area (Å²) < 4.78 is 1.25. The van der Waals surface area contributed by atoms with Gasteiger partial charge in [0.15, 0.2) is 0 Å². The van der Waals surface area contributed by atoms with Crippen molar-refractivity contribution in [2.24, 2.45) is 0 Å². The molecule has 17 heavy (non-hydrogen) atoms. The highest BCUT2D eigenvalue weighted by molar-refractivity contribution is 8.00. The van der Waals surface area contributed by atoms with Crippen molar-refractivity contribution in [3.63, 3.8) is 0 Å². The standard InChI is InChI=1S/C11H7N3OS2/c1-5-6(3-12)9(15)10-8(14-5)7(4-13)11(16-2)17-10/h1-2H3,(H,14,15). The third kappa shape index (κ3) is 1.62. The molecular formula is C11H7N3OS2. The second-order valence-electron chi connectivity index (χ2n) is 3.35. The van der Waals surface area contributed by atoms with Gasteiger partial charge in [-0.3, -0.25) is 4.79 Å². The van der Waals surface area contributed by atoms with Crippen LogP contribution in [0.2, 0.25) is 0 Å². The minimum absolute atomic E-state index is 0.121. The van der Waals surface area contributed by atoms with Gasteiger partial charge >= 0.3 is 0 Å². The Balaban J connectivity index is 3.02. The number of pyridine rings is 1. The molecule has 0 atom stereocenters. The van der Waals surface area contributed by atoms with Crippen LogP contribution in [-0.4, -0.2) is 11.2 Å². The SMILES string of the molecule is CSc1sc2c(=O)c(C#N)c(C)[nH]c2c1C#N. The second-order valence-corrected chi connectivity index (χ2v) is 5.45. The number of nitrogens with zero attached hydrogens (tertiary/aromatic N) is 2. The van der Waals surface area contributed by atoms with Gasteiger partial charge in [-0.2, -0.15) is 10.5 Å². The number of nitrogens with one attached hydrogen (secondary N) is 1. The van der Waals surface area contributed by atoms with E-state index in [4.69, 9.17) is 10.5 Å². The van der Waals surface area contributed by atoms with E-state index in [1.165, 1.54) is 23.1 Å². The maximum atomic E-state index is 12.0. The largest absolute Gasteiger partial charge is 0.356 e. The van der Waals surface area contributed by atoms with Gasteiger partial charge in [-0.25, -0.2) is 0 Å². The third-order valence-electron chi connectivity index (χ3n) is 2.41. The van der Waals surface area contributed by atoms with Gasteiger partial charge in [0.05, 0.1) is 9.73 Å². The molecule has 0 unspecified atom stereocenters. The van der Waals surface area contributed by atoms with Crippen molar-refractivity contribution in [3.8, 4) is 12.1 Å². The Bertz CT molecular complexity index is 743. The molecule has 2 aromatic rings. The maximum Gasteiger partial charge on any atom is 0.217 e. The molecule has 0 aliphatic rings. The summed E-state index contributed by atoms with van der Waals surface area (Å²) in [6, 6.07) is 3.99. The lowest BCUT2D eigenvalue weighted by molar-refractivity contribution is 1.21. The molecule has 6 heteroatoms. The average Bonchev–Trinajstić information content (AvgIpc) is 2.67. The van der Waals surface area contributed by atoms with Crippen LogP contribution in [0, 0.1) is 29.6 Å². The van der Waals surface area contributed by atoms with Crippen LogP contribution in [-0.2, 0) is 0 Å². The van der Waals surface area contributed by atoms with E-state index in [0.29, 0.717) is 21.5 Å². The molecule has 1 N–H and O–H groups in total. The molecule has 0 aromatic carbocycles. The van der Waals surface area contributed by atoms with Crippen LogP contribution in [0.4, 0.5) is 0 Å². The van der Waals surface area contributed by atoms with Crippen LogP contribution in [0.25, 0.3) is 10.2 Å². The summed E-state index contributed by atoms with van der Waals surface area (Å²) in [6.07, 6.45) is 1.86. The van der Waals surface area contributed by atoms with Gasteiger partial charge in [-0.15, -0.1) is 23.1 Å². The maximum absolute atomic E-state index is 12.0. The molecule has 0 fully saturated rings. The molecule has 0 spiro atoms. The van der Waals surface area contributed by atoms with E-state index in [2.05, 4.69) is 11.1 Å². The number of thioether (sulfide) groups is 1. The van der Waals surface area contributed by atoms with Crippen LogP contribution in [0.15, 0.2) is 9.00 Å². The lowest BCUT2D eigenvalue weighted by atomic mass is 10.2. The molecule has 2 rings (SSSR count). The molecule has 2 heterocycles. The third-order valence-corrected chi connectivity index (χ3v) is 4.71. The summed E-state index contributed by atoms with van der Waals surface area (Å²) >= 11 is 2.69. The van der Waals surface area contributed by atoms with Gasteiger partial charge in [0, 0.05) is 5.69 Å². The fraction of sp³-hybridized carbons (Fsp3) is 0.182. The molecule has 0 aliphatic carbocycles. The summed E-state index contributed by atoms with van der Waals surface area (Å²) in [5, 5.41) is 18.0. The number of hydrogen-bond acceptors (Lipinski definition) is 5. The lowest BCUT2D eigenvalue weighted by Crippen LogP contribution is -2.08. The first-order chi connectivity index (χ1) is 8.13. The normalized spacial score (nSPS) is 10.1. The van der Waals surface area contributed by atoms with E-state index < -0.39 is 0 Å². The number of H-pyrrole nitrogens is 1. The number of nitriles is 2.